The summed E-state index contributed by atoms with van der Waals surface area (Å²) in [5.41, 5.74) is 0. The van der Waals surface area contributed by atoms with Gasteiger partial charge in [0.15, 0.2) is 0 Å². The number of unbranched alkanes of at least 4 members (excludes halogenated alkanes) is 1. The SMILES string of the molecule is CCCCC(CC)CNCc1ccc(C#N)s1. The Kier molecular flexibility index (Phi) is 6.91. The summed E-state index contributed by atoms with van der Waals surface area (Å²) in [6, 6.07) is 6.12. The van der Waals surface area contributed by atoms with Gasteiger partial charge in [-0.15, -0.1) is 11.3 Å². The van der Waals surface area contributed by atoms with Gasteiger partial charge in [0.25, 0.3) is 0 Å². The minimum Gasteiger partial charge on any atom is -0.312 e. The van der Waals surface area contributed by atoms with E-state index in [1.54, 1.807) is 11.3 Å². The zero-order valence-corrected chi connectivity index (χ0v) is 11.6. The summed E-state index contributed by atoms with van der Waals surface area (Å²) in [7, 11) is 0. The van der Waals surface area contributed by atoms with Crippen LogP contribution in [0.4, 0.5) is 0 Å². The number of rotatable bonds is 8. The highest BCUT2D eigenvalue weighted by molar-refractivity contribution is 7.12. The average molecular weight is 250 g/mol. The van der Waals surface area contributed by atoms with Gasteiger partial charge in [0.05, 0.1) is 0 Å². The Bertz CT molecular complexity index is 351. The fourth-order valence-corrected chi connectivity index (χ4v) is 2.65. The van der Waals surface area contributed by atoms with E-state index in [-0.39, 0.29) is 0 Å². The second-order valence-electron chi connectivity index (χ2n) is 4.43. The summed E-state index contributed by atoms with van der Waals surface area (Å²) in [4.78, 5) is 2.06. The normalized spacial score (nSPS) is 12.3. The molecule has 1 unspecified atom stereocenters. The molecule has 0 saturated carbocycles. The van der Waals surface area contributed by atoms with Gasteiger partial charge < -0.3 is 5.32 Å². The van der Waals surface area contributed by atoms with Crippen molar-refractivity contribution in [1.82, 2.24) is 5.32 Å². The minimum absolute atomic E-state index is 0.797. The molecule has 1 aromatic rings. The predicted octanol–water partition coefficient (Wildman–Crippen LogP) is 3.93. The topological polar surface area (TPSA) is 35.8 Å². The van der Waals surface area contributed by atoms with Crippen LogP contribution >= 0.6 is 11.3 Å². The van der Waals surface area contributed by atoms with Crippen molar-refractivity contribution in [3.8, 4) is 6.07 Å². The van der Waals surface area contributed by atoms with Gasteiger partial charge in [-0.1, -0.05) is 33.1 Å². The lowest BCUT2D eigenvalue weighted by molar-refractivity contribution is 0.420. The smallest absolute Gasteiger partial charge is 0.110 e. The third-order valence-corrected chi connectivity index (χ3v) is 4.04. The van der Waals surface area contributed by atoms with Crippen molar-refractivity contribution in [2.45, 2.75) is 46.1 Å². The van der Waals surface area contributed by atoms with E-state index in [0.29, 0.717) is 0 Å². The molecule has 0 saturated heterocycles. The summed E-state index contributed by atoms with van der Waals surface area (Å²) in [5.74, 6) is 0.797. The maximum atomic E-state index is 8.74. The molecule has 0 aliphatic carbocycles. The summed E-state index contributed by atoms with van der Waals surface area (Å²) in [6.45, 7) is 6.50. The molecule has 0 fully saturated rings. The highest BCUT2D eigenvalue weighted by Crippen LogP contribution is 2.16. The standard InChI is InChI=1S/C14H22N2S/c1-3-5-6-12(4-2)10-16-11-14-8-7-13(9-15)17-14/h7-8,12,16H,3-6,10-11H2,1-2H3. The van der Waals surface area contributed by atoms with E-state index in [9.17, 15) is 0 Å². The molecule has 0 aliphatic rings. The van der Waals surface area contributed by atoms with Gasteiger partial charge in [0, 0.05) is 11.4 Å². The first-order valence-electron chi connectivity index (χ1n) is 6.49. The highest BCUT2D eigenvalue weighted by atomic mass is 32.1. The van der Waals surface area contributed by atoms with Crippen molar-refractivity contribution >= 4 is 11.3 Å². The van der Waals surface area contributed by atoms with Gasteiger partial charge in [-0.05, 0) is 31.0 Å². The van der Waals surface area contributed by atoms with Crippen molar-refractivity contribution in [3.05, 3.63) is 21.9 Å². The lowest BCUT2D eigenvalue weighted by Crippen LogP contribution is -2.21. The zero-order chi connectivity index (χ0) is 12.5. The van der Waals surface area contributed by atoms with Crippen molar-refractivity contribution in [3.63, 3.8) is 0 Å². The molecule has 1 atom stereocenters. The summed E-state index contributed by atoms with van der Waals surface area (Å²) in [6.07, 6.45) is 5.19. The molecule has 94 valence electrons. The molecular weight excluding hydrogens is 228 g/mol. The largest absolute Gasteiger partial charge is 0.312 e. The Morgan fingerprint density at radius 1 is 1.41 bits per heavy atom. The fourth-order valence-electron chi connectivity index (χ4n) is 1.88. The third-order valence-electron chi connectivity index (χ3n) is 3.05. The Balaban J connectivity index is 2.24. The number of nitrogens with zero attached hydrogens (tertiary/aromatic N) is 1. The Hall–Kier alpha value is -0.850. The molecule has 3 heteroatoms. The maximum absolute atomic E-state index is 8.74. The number of hydrogen-bond acceptors (Lipinski definition) is 3. The predicted molar refractivity (Wildman–Crippen MR) is 74.0 cm³/mol. The van der Waals surface area contributed by atoms with E-state index in [1.807, 2.05) is 12.1 Å². The molecule has 0 aromatic carbocycles. The second kappa shape index (κ2) is 8.27. The molecule has 0 aliphatic heterocycles. The Labute approximate surface area is 109 Å². The number of nitriles is 1. The van der Waals surface area contributed by atoms with Crippen LogP contribution in [0, 0.1) is 17.2 Å². The monoisotopic (exact) mass is 250 g/mol. The quantitative estimate of drug-likeness (QED) is 0.759. The van der Waals surface area contributed by atoms with Crippen LogP contribution < -0.4 is 5.32 Å². The minimum atomic E-state index is 0.797. The Morgan fingerprint density at radius 2 is 2.24 bits per heavy atom. The molecular formula is C14H22N2S. The lowest BCUT2D eigenvalue weighted by atomic mass is 9.99. The van der Waals surface area contributed by atoms with Gasteiger partial charge in [-0.25, -0.2) is 0 Å². The zero-order valence-electron chi connectivity index (χ0n) is 10.8. The van der Waals surface area contributed by atoms with Crippen molar-refractivity contribution in [1.29, 1.82) is 5.26 Å². The van der Waals surface area contributed by atoms with Crippen LogP contribution in [0.5, 0.6) is 0 Å². The van der Waals surface area contributed by atoms with E-state index in [2.05, 4.69) is 25.2 Å². The molecule has 0 radical (unpaired) electrons. The van der Waals surface area contributed by atoms with E-state index in [0.717, 1.165) is 23.9 Å². The van der Waals surface area contributed by atoms with Crippen molar-refractivity contribution in [2.75, 3.05) is 6.54 Å². The Morgan fingerprint density at radius 3 is 2.82 bits per heavy atom. The van der Waals surface area contributed by atoms with E-state index in [1.165, 1.54) is 30.6 Å². The van der Waals surface area contributed by atoms with Gasteiger partial charge in [-0.3, -0.25) is 0 Å². The van der Waals surface area contributed by atoms with E-state index < -0.39 is 0 Å². The molecule has 0 amide bonds. The summed E-state index contributed by atoms with van der Waals surface area (Å²) in [5, 5.41) is 12.2. The van der Waals surface area contributed by atoms with Gasteiger partial charge in [-0.2, -0.15) is 5.26 Å². The molecule has 1 heterocycles. The van der Waals surface area contributed by atoms with Crippen LogP contribution in [-0.2, 0) is 6.54 Å². The molecule has 1 aromatic heterocycles. The number of hydrogen-bond donors (Lipinski definition) is 1. The summed E-state index contributed by atoms with van der Waals surface area (Å²) >= 11 is 1.59. The fraction of sp³-hybridized carbons (Fsp3) is 0.643. The molecule has 2 nitrogen and oxygen atoms in total. The lowest BCUT2D eigenvalue weighted by Gasteiger charge is -2.14. The molecule has 17 heavy (non-hydrogen) atoms. The second-order valence-corrected chi connectivity index (χ2v) is 5.59. The molecule has 0 spiro atoms. The van der Waals surface area contributed by atoms with Crippen molar-refractivity contribution < 1.29 is 0 Å². The first-order valence-corrected chi connectivity index (χ1v) is 7.31. The number of nitrogens with one attached hydrogen (secondary N) is 1. The van der Waals surface area contributed by atoms with Crippen LogP contribution in [0.2, 0.25) is 0 Å². The molecule has 1 rings (SSSR count). The van der Waals surface area contributed by atoms with Gasteiger partial charge in [0.2, 0.25) is 0 Å². The van der Waals surface area contributed by atoms with Crippen LogP contribution in [-0.4, -0.2) is 6.54 Å². The first kappa shape index (κ1) is 14.2. The average Bonchev–Trinajstić information content (AvgIpc) is 2.81. The van der Waals surface area contributed by atoms with E-state index >= 15 is 0 Å². The van der Waals surface area contributed by atoms with E-state index in [4.69, 9.17) is 5.26 Å². The summed E-state index contributed by atoms with van der Waals surface area (Å²) < 4.78 is 0. The maximum Gasteiger partial charge on any atom is 0.110 e. The molecule has 0 bridgehead atoms. The van der Waals surface area contributed by atoms with Crippen LogP contribution in [0.1, 0.15) is 49.3 Å². The van der Waals surface area contributed by atoms with Crippen molar-refractivity contribution in [2.24, 2.45) is 5.92 Å². The third kappa shape index (κ3) is 5.34. The van der Waals surface area contributed by atoms with Gasteiger partial charge in [0.1, 0.15) is 10.9 Å². The number of thiophene rings is 1. The molecule has 1 N–H and O–H groups in total. The highest BCUT2D eigenvalue weighted by Gasteiger charge is 2.05. The van der Waals surface area contributed by atoms with Gasteiger partial charge >= 0.3 is 0 Å². The van der Waals surface area contributed by atoms with Crippen LogP contribution in [0.3, 0.4) is 0 Å². The van der Waals surface area contributed by atoms with Crippen LogP contribution in [0.25, 0.3) is 0 Å². The first-order chi connectivity index (χ1) is 8.30. The van der Waals surface area contributed by atoms with Crippen LogP contribution in [0.15, 0.2) is 12.1 Å².